The maximum Gasteiger partial charge on any atom is 0.353 e. The van der Waals surface area contributed by atoms with Crippen LogP contribution in [-0.2, 0) is 0 Å². The number of carboxylic acids is 1. The van der Waals surface area contributed by atoms with E-state index in [1.165, 1.54) is 0 Å². The van der Waals surface area contributed by atoms with Crippen molar-refractivity contribution in [3.8, 4) is 11.3 Å². The molecule has 2 N–H and O–H groups in total. The summed E-state index contributed by atoms with van der Waals surface area (Å²) in [6, 6.07) is 3.22. The van der Waals surface area contributed by atoms with Gasteiger partial charge in [0.05, 0.1) is 5.69 Å². The summed E-state index contributed by atoms with van der Waals surface area (Å²) in [7, 11) is 0. The minimum absolute atomic E-state index is 0.0553. The molecule has 0 atom stereocenters. The van der Waals surface area contributed by atoms with Crippen molar-refractivity contribution in [1.82, 2.24) is 10.2 Å². The van der Waals surface area contributed by atoms with Crippen LogP contribution in [0.15, 0.2) is 23.1 Å². The average molecular weight is 270 g/mol. The maximum atomic E-state index is 14.0. The Kier molecular flexibility index (Phi) is 3.33. The van der Waals surface area contributed by atoms with Gasteiger partial charge in [0.1, 0.15) is 17.3 Å². The topological polar surface area (TPSA) is 66.0 Å². The molecule has 94 valence electrons. The molecule has 0 spiro atoms. The van der Waals surface area contributed by atoms with Gasteiger partial charge in [0.2, 0.25) is 0 Å². The van der Waals surface area contributed by atoms with Gasteiger partial charge in [-0.25, -0.2) is 13.6 Å². The van der Waals surface area contributed by atoms with Crippen LogP contribution in [0, 0.1) is 11.6 Å². The van der Waals surface area contributed by atoms with Crippen LogP contribution in [0.5, 0.6) is 0 Å². The second kappa shape index (κ2) is 4.77. The fraction of sp³-hybridized carbons (Fsp3) is 0.0909. The number of aromatic carboxylic acids is 1. The molecule has 0 unspecified atom stereocenters. The third-order valence-corrected chi connectivity index (χ3v) is 3.05. The smallest absolute Gasteiger partial charge is 0.353 e. The lowest BCUT2D eigenvalue weighted by atomic mass is 10.1. The highest BCUT2D eigenvalue weighted by Crippen LogP contribution is 2.29. The normalized spacial score (nSPS) is 10.6. The van der Waals surface area contributed by atoms with Gasteiger partial charge in [-0.3, -0.25) is 5.10 Å². The molecule has 0 amide bonds. The number of benzene rings is 1. The van der Waals surface area contributed by atoms with Crippen LogP contribution in [0.3, 0.4) is 0 Å². The van der Waals surface area contributed by atoms with Gasteiger partial charge in [-0.05, 0) is 24.5 Å². The molecule has 2 rings (SSSR count). The quantitative estimate of drug-likeness (QED) is 0.842. The Balaban J connectivity index is 2.55. The Labute approximate surface area is 105 Å². The van der Waals surface area contributed by atoms with Crippen LogP contribution in [0.1, 0.15) is 10.5 Å². The van der Waals surface area contributed by atoms with Gasteiger partial charge in [-0.15, -0.1) is 11.8 Å². The van der Waals surface area contributed by atoms with E-state index in [1.807, 2.05) is 0 Å². The van der Waals surface area contributed by atoms with E-state index >= 15 is 0 Å². The zero-order chi connectivity index (χ0) is 13.3. The predicted molar refractivity (Wildman–Crippen MR) is 62.7 cm³/mol. The minimum atomic E-state index is -1.21. The third kappa shape index (κ3) is 2.21. The van der Waals surface area contributed by atoms with Crippen LogP contribution in [-0.4, -0.2) is 27.5 Å². The molecule has 4 nitrogen and oxygen atoms in total. The molecular weight excluding hydrogens is 262 g/mol. The van der Waals surface area contributed by atoms with Crippen molar-refractivity contribution >= 4 is 17.7 Å². The van der Waals surface area contributed by atoms with Crippen molar-refractivity contribution in [2.24, 2.45) is 0 Å². The molecule has 2 aromatic rings. The first-order valence-corrected chi connectivity index (χ1v) is 6.07. The summed E-state index contributed by atoms with van der Waals surface area (Å²) in [6.07, 6.45) is 1.62. The number of aromatic nitrogens is 2. The molecule has 1 heterocycles. The zero-order valence-electron chi connectivity index (χ0n) is 9.20. The molecule has 1 aromatic heterocycles. The summed E-state index contributed by atoms with van der Waals surface area (Å²) in [5.74, 6) is -2.43. The van der Waals surface area contributed by atoms with E-state index in [0.29, 0.717) is 0 Å². The van der Waals surface area contributed by atoms with Gasteiger partial charge in [-0.2, -0.15) is 5.10 Å². The average Bonchev–Trinajstić information content (AvgIpc) is 2.81. The molecule has 0 aliphatic heterocycles. The van der Waals surface area contributed by atoms with Crippen molar-refractivity contribution in [2.75, 3.05) is 6.26 Å². The van der Waals surface area contributed by atoms with Crippen molar-refractivity contribution in [2.45, 2.75) is 4.90 Å². The number of nitrogens with zero attached hydrogens (tertiary/aromatic N) is 1. The van der Waals surface area contributed by atoms with Gasteiger partial charge in [0.15, 0.2) is 0 Å². The number of H-pyrrole nitrogens is 1. The Hall–Kier alpha value is -1.89. The molecule has 0 aliphatic carbocycles. The fourth-order valence-corrected chi connectivity index (χ4v) is 1.99. The maximum absolute atomic E-state index is 14.0. The SMILES string of the molecule is CSc1cc(F)cc(-c2cc(C(=O)O)[nH]n2)c1F. The number of carboxylic acid groups (broad SMARTS) is 1. The zero-order valence-corrected chi connectivity index (χ0v) is 10.0. The standard InChI is InChI=1S/C11H8F2N2O2S/c1-18-9-3-5(12)2-6(10(9)13)7-4-8(11(16)17)15-14-7/h2-4H,1H3,(H,14,15)(H,16,17). The first-order valence-electron chi connectivity index (χ1n) is 4.85. The summed E-state index contributed by atoms with van der Waals surface area (Å²) in [5, 5.41) is 14.6. The van der Waals surface area contributed by atoms with Gasteiger partial charge >= 0.3 is 5.97 Å². The van der Waals surface area contributed by atoms with Gasteiger partial charge in [0.25, 0.3) is 0 Å². The Morgan fingerprint density at radius 2 is 2.11 bits per heavy atom. The molecule has 0 bridgehead atoms. The molecule has 7 heteroatoms. The number of carbonyl (C=O) groups is 1. The summed E-state index contributed by atoms with van der Waals surface area (Å²) < 4.78 is 27.3. The Bertz CT molecular complexity index is 613. The van der Waals surface area contributed by atoms with E-state index in [1.54, 1.807) is 6.26 Å². The highest BCUT2D eigenvalue weighted by atomic mass is 32.2. The van der Waals surface area contributed by atoms with E-state index in [0.717, 1.165) is 30.0 Å². The number of rotatable bonds is 3. The van der Waals surface area contributed by atoms with E-state index < -0.39 is 17.6 Å². The molecule has 0 radical (unpaired) electrons. The second-order valence-electron chi connectivity index (χ2n) is 3.44. The van der Waals surface area contributed by atoms with E-state index in [4.69, 9.17) is 5.11 Å². The van der Waals surface area contributed by atoms with Crippen LogP contribution in [0.4, 0.5) is 8.78 Å². The lowest BCUT2D eigenvalue weighted by molar-refractivity contribution is 0.0690. The minimum Gasteiger partial charge on any atom is -0.477 e. The van der Waals surface area contributed by atoms with Crippen LogP contribution in [0.25, 0.3) is 11.3 Å². The van der Waals surface area contributed by atoms with Crippen LogP contribution >= 0.6 is 11.8 Å². The van der Waals surface area contributed by atoms with E-state index in [-0.39, 0.29) is 21.8 Å². The van der Waals surface area contributed by atoms with Crippen LogP contribution in [0.2, 0.25) is 0 Å². The number of aromatic amines is 1. The van der Waals surface area contributed by atoms with Gasteiger partial charge < -0.3 is 5.11 Å². The predicted octanol–water partition coefficient (Wildman–Crippen LogP) is 2.78. The van der Waals surface area contributed by atoms with E-state index in [2.05, 4.69) is 10.2 Å². The highest BCUT2D eigenvalue weighted by molar-refractivity contribution is 7.98. The van der Waals surface area contributed by atoms with Crippen molar-refractivity contribution in [3.05, 3.63) is 35.5 Å². The number of halogens is 2. The third-order valence-electron chi connectivity index (χ3n) is 2.31. The molecule has 1 aromatic carbocycles. The van der Waals surface area contributed by atoms with Crippen molar-refractivity contribution in [1.29, 1.82) is 0 Å². The van der Waals surface area contributed by atoms with Crippen molar-refractivity contribution < 1.29 is 18.7 Å². The molecule has 0 aliphatic rings. The molecule has 0 saturated carbocycles. The fourth-order valence-electron chi connectivity index (χ4n) is 1.47. The summed E-state index contributed by atoms with van der Waals surface area (Å²) >= 11 is 1.06. The van der Waals surface area contributed by atoms with Gasteiger partial charge in [0, 0.05) is 10.5 Å². The summed E-state index contributed by atoms with van der Waals surface area (Å²) in [4.78, 5) is 10.8. The largest absolute Gasteiger partial charge is 0.477 e. The molecule has 0 fully saturated rings. The molecule has 0 saturated heterocycles. The number of nitrogens with one attached hydrogen (secondary N) is 1. The monoisotopic (exact) mass is 270 g/mol. The summed E-state index contributed by atoms with van der Waals surface area (Å²) in [5.41, 5.74) is -0.192. The second-order valence-corrected chi connectivity index (χ2v) is 4.29. The Morgan fingerprint density at radius 3 is 2.67 bits per heavy atom. The Morgan fingerprint density at radius 1 is 1.39 bits per heavy atom. The summed E-state index contributed by atoms with van der Waals surface area (Å²) in [6.45, 7) is 0. The first kappa shape index (κ1) is 12.6. The lowest BCUT2D eigenvalue weighted by Crippen LogP contribution is -1.95. The number of hydrogen-bond donors (Lipinski definition) is 2. The number of hydrogen-bond acceptors (Lipinski definition) is 3. The lowest BCUT2D eigenvalue weighted by Gasteiger charge is -2.04. The highest BCUT2D eigenvalue weighted by Gasteiger charge is 2.16. The first-order chi connectivity index (χ1) is 8.52. The molecule has 18 heavy (non-hydrogen) atoms. The van der Waals surface area contributed by atoms with E-state index in [9.17, 15) is 13.6 Å². The number of thioether (sulfide) groups is 1. The van der Waals surface area contributed by atoms with Gasteiger partial charge in [-0.1, -0.05) is 0 Å². The van der Waals surface area contributed by atoms with Crippen molar-refractivity contribution in [3.63, 3.8) is 0 Å². The van der Waals surface area contributed by atoms with Crippen LogP contribution < -0.4 is 0 Å². The molecular formula is C11H8F2N2O2S.